The Morgan fingerprint density at radius 2 is 2.00 bits per heavy atom. The molecule has 1 aromatic heterocycles. The van der Waals surface area contributed by atoms with E-state index in [0.29, 0.717) is 22.6 Å². The molecular weight excluding hydrogens is 346 g/mol. The second kappa shape index (κ2) is 8.08. The van der Waals surface area contributed by atoms with E-state index in [-0.39, 0.29) is 29.3 Å². The molecular formula is C20H25N3O2S. The molecule has 2 heterocycles. The summed E-state index contributed by atoms with van der Waals surface area (Å²) < 4.78 is 1.59. The summed E-state index contributed by atoms with van der Waals surface area (Å²) in [7, 11) is 0. The van der Waals surface area contributed by atoms with E-state index >= 15 is 0 Å². The molecule has 1 saturated heterocycles. The Morgan fingerprint density at radius 3 is 2.69 bits per heavy atom. The van der Waals surface area contributed by atoms with Crippen molar-refractivity contribution in [2.75, 3.05) is 5.75 Å². The van der Waals surface area contributed by atoms with Gasteiger partial charge in [-0.25, -0.2) is 4.98 Å². The first-order valence-electron chi connectivity index (χ1n) is 9.07. The number of benzene rings is 1. The molecule has 3 rings (SSSR count). The van der Waals surface area contributed by atoms with Crippen LogP contribution in [0.1, 0.15) is 33.1 Å². The minimum Gasteiger partial charge on any atom is -0.337 e. The molecule has 0 bridgehead atoms. The summed E-state index contributed by atoms with van der Waals surface area (Å²) in [5, 5.41) is 1.16. The monoisotopic (exact) mass is 371 g/mol. The van der Waals surface area contributed by atoms with E-state index in [1.54, 1.807) is 16.7 Å². The number of nitrogens with zero attached hydrogens (tertiary/aromatic N) is 3. The number of aromatic nitrogens is 2. The van der Waals surface area contributed by atoms with Crippen molar-refractivity contribution in [1.82, 2.24) is 14.5 Å². The molecule has 1 amide bonds. The van der Waals surface area contributed by atoms with Gasteiger partial charge in [0.25, 0.3) is 5.56 Å². The quantitative estimate of drug-likeness (QED) is 0.459. The van der Waals surface area contributed by atoms with Crippen molar-refractivity contribution in [3.8, 4) is 0 Å². The van der Waals surface area contributed by atoms with Crippen LogP contribution in [0.15, 0.2) is 46.9 Å². The fourth-order valence-corrected chi connectivity index (χ4v) is 4.54. The highest BCUT2D eigenvalue weighted by Crippen LogP contribution is 2.25. The van der Waals surface area contributed by atoms with Crippen LogP contribution in [0.25, 0.3) is 10.9 Å². The number of piperidine rings is 1. The number of thioether (sulfide) groups is 1. The summed E-state index contributed by atoms with van der Waals surface area (Å²) in [6.07, 6.45) is 4.95. The number of carbonyl (C=O) groups is 1. The molecule has 6 heteroatoms. The van der Waals surface area contributed by atoms with Crippen molar-refractivity contribution in [2.24, 2.45) is 0 Å². The summed E-state index contributed by atoms with van der Waals surface area (Å²) in [6, 6.07) is 7.84. The van der Waals surface area contributed by atoms with Crippen molar-refractivity contribution in [3.05, 3.63) is 47.3 Å². The summed E-state index contributed by atoms with van der Waals surface area (Å²) >= 11 is 1.33. The second-order valence-electron chi connectivity index (χ2n) is 6.83. The second-order valence-corrected chi connectivity index (χ2v) is 7.78. The lowest BCUT2D eigenvalue weighted by molar-refractivity contribution is -0.134. The Morgan fingerprint density at radius 1 is 1.31 bits per heavy atom. The third-order valence-electron chi connectivity index (χ3n) is 4.94. The standard InChI is InChI=1S/C20H25N3O2S/c1-4-12-22-19(25)16-10-5-6-11-17(16)21-20(22)26-13-18(24)23-14(2)8-7-9-15(23)3/h4-6,10-11,14-15H,1,7-9,12-13H2,2-3H3. The van der Waals surface area contributed by atoms with Crippen molar-refractivity contribution in [1.29, 1.82) is 0 Å². The van der Waals surface area contributed by atoms with Crippen LogP contribution in [0.5, 0.6) is 0 Å². The van der Waals surface area contributed by atoms with Crippen LogP contribution in [-0.4, -0.2) is 38.2 Å². The van der Waals surface area contributed by atoms with E-state index in [9.17, 15) is 9.59 Å². The van der Waals surface area contributed by atoms with E-state index < -0.39 is 0 Å². The highest BCUT2D eigenvalue weighted by molar-refractivity contribution is 7.99. The predicted octanol–water partition coefficient (Wildman–Crippen LogP) is 3.46. The topological polar surface area (TPSA) is 55.2 Å². The molecule has 1 aliphatic heterocycles. The number of rotatable bonds is 5. The zero-order valence-electron chi connectivity index (χ0n) is 15.4. The molecule has 26 heavy (non-hydrogen) atoms. The Kier molecular flexibility index (Phi) is 5.81. The molecule has 5 nitrogen and oxygen atoms in total. The van der Waals surface area contributed by atoms with Gasteiger partial charge in [0.1, 0.15) is 0 Å². The highest BCUT2D eigenvalue weighted by atomic mass is 32.2. The first-order chi connectivity index (χ1) is 12.5. The lowest BCUT2D eigenvalue weighted by Gasteiger charge is -2.39. The first-order valence-corrected chi connectivity index (χ1v) is 10.1. The van der Waals surface area contributed by atoms with Crippen molar-refractivity contribution in [3.63, 3.8) is 0 Å². The summed E-state index contributed by atoms with van der Waals surface area (Å²) in [5.41, 5.74) is 0.567. The third kappa shape index (κ3) is 3.70. The van der Waals surface area contributed by atoms with Crippen molar-refractivity contribution in [2.45, 2.75) is 56.9 Å². The van der Waals surface area contributed by atoms with Gasteiger partial charge in [0.15, 0.2) is 5.16 Å². The molecule has 0 aliphatic carbocycles. The summed E-state index contributed by atoms with van der Waals surface area (Å²) in [4.78, 5) is 32.1. The van der Waals surface area contributed by atoms with Crippen LogP contribution < -0.4 is 5.56 Å². The molecule has 0 saturated carbocycles. The lowest BCUT2D eigenvalue weighted by atomic mass is 9.98. The zero-order valence-corrected chi connectivity index (χ0v) is 16.2. The average Bonchev–Trinajstić information content (AvgIpc) is 2.62. The smallest absolute Gasteiger partial charge is 0.262 e. The number of para-hydroxylation sites is 1. The summed E-state index contributed by atoms with van der Waals surface area (Å²) in [6.45, 7) is 8.34. The minimum absolute atomic E-state index is 0.0924. The number of amides is 1. The molecule has 2 aromatic rings. The molecule has 138 valence electrons. The maximum absolute atomic E-state index is 12.8. The highest BCUT2D eigenvalue weighted by Gasteiger charge is 2.29. The van der Waals surface area contributed by atoms with Gasteiger partial charge in [-0.15, -0.1) is 6.58 Å². The number of hydrogen-bond donors (Lipinski definition) is 0. The van der Waals surface area contributed by atoms with Gasteiger partial charge < -0.3 is 4.90 Å². The van der Waals surface area contributed by atoms with Gasteiger partial charge in [0, 0.05) is 18.6 Å². The van der Waals surface area contributed by atoms with E-state index in [1.165, 1.54) is 18.2 Å². The van der Waals surface area contributed by atoms with E-state index in [1.807, 2.05) is 23.1 Å². The normalized spacial score (nSPS) is 20.3. The SMILES string of the molecule is C=CCn1c(SCC(=O)N2C(C)CCCC2C)nc2ccccc2c1=O. The van der Waals surface area contributed by atoms with E-state index in [4.69, 9.17) is 0 Å². The molecule has 0 radical (unpaired) electrons. The number of likely N-dealkylation sites (tertiary alicyclic amines) is 1. The maximum Gasteiger partial charge on any atom is 0.262 e. The molecule has 2 atom stereocenters. The Balaban J connectivity index is 1.86. The van der Waals surface area contributed by atoms with Gasteiger partial charge >= 0.3 is 0 Å². The van der Waals surface area contributed by atoms with Gasteiger partial charge in [-0.2, -0.15) is 0 Å². The number of hydrogen-bond acceptors (Lipinski definition) is 4. The number of carbonyl (C=O) groups excluding carboxylic acids is 1. The Hall–Kier alpha value is -2.08. The number of fused-ring (bicyclic) bond motifs is 1. The molecule has 1 aliphatic rings. The first kappa shape index (κ1) is 18.7. The van der Waals surface area contributed by atoms with Crippen LogP contribution in [0.2, 0.25) is 0 Å². The van der Waals surface area contributed by atoms with Crippen LogP contribution >= 0.6 is 11.8 Å². The van der Waals surface area contributed by atoms with Crippen molar-refractivity contribution >= 4 is 28.6 Å². The summed E-state index contributed by atoms with van der Waals surface area (Å²) in [5.74, 6) is 0.402. The Bertz CT molecular complexity index is 867. The van der Waals surface area contributed by atoms with Gasteiger partial charge in [-0.05, 0) is 45.2 Å². The maximum atomic E-state index is 12.8. The van der Waals surface area contributed by atoms with Gasteiger partial charge in [-0.1, -0.05) is 30.0 Å². The zero-order chi connectivity index (χ0) is 18.7. The van der Waals surface area contributed by atoms with Crippen LogP contribution in [0.4, 0.5) is 0 Å². The van der Waals surface area contributed by atoms with E-state index in [2.05, 4.69) is 25.4 Å². The molecule has 0 spiro atoms. The van der Waals surface area contributed by atoms with Crippen LogP contribution in [0, 0.1) is 0 Å². The van der Waals surface area contributed by atoms with Gasteiger partial charge in [0.05, 0.1) is 16.7 Å². The molecule has 1 fully saturated rings. The fourth-order valence-electron chi connectivity index (χ4n) is 3.66. The predicted molar refractivity (Wildman–Crippen MR) is 107 cm³/mol. The van der Waals surface area contributed by atoms with Crippen molar-refractivity contribution < 1.29 is 4.79 Å². The number of allylic oxidation sites excluding steroid dienone is 1. The van der Waals surface area contributed by atoms with Crippen LogP contribution in [0.3, 0.4) is 0 Å². The molecule has 0 N–H and O–H groups in total. The molecule has 2 unspecified atom stereocenters. The van der Waals surface area contributed by atoms with E-state index in [0.717, 1.165) is 12.8 Å². The largest absolute Gasteiger partial charge is 0.337 e. The molecule has 1 aromatic carbocycles. The van der Waals surface area contributed by atoms with Gasteiger partial charge in [-0.3, -0.25) is 14.2 Å². The van der Waals surface area contributed by atoms with Gasteiger partial charge in [0.2, 0.25) is 5.91 Å². The fraction of sp³-hybridized carbons (Fsp3) is 0.450. The van der Waals surface area contributed by atoms with Crippen LogP contribution in [-0.2, 0) is 11.3 Å². The Labute approximate surface area is 158 Å². The average molecular weight is 372 g/mol. The lowest BCUT2D eigenvalue weighted by Crippen LogP contribution is -2.48. The third-order valence-corrected chi connectivity index (χ3v) is 5.91. The minimum atomic E-state index is -0.0924.